The highest BCUT2D eigenvalue weighted by Crippen LogP contribution is 2.20. The molecule has 1 fully saturated rings. The molecule has 0 unspecified atom stereocenters. The summed E-state index contributed by atoms with van der Waals surface area (Å²) in [6.45, 7) is 0. The Morgan fingerprint density at radius 2 is 2.00 bits per heavy atom. The van der Waals surface area contributed by atoms with Crippen LogP contribution in [0.2, 0.25) is 0 Å². The van der Waals surface area contributed by atoms with Crippen molar-refractivity contribution in [2.75, 3.05) is 5.73 Å². The van der Waals surface area contributed by atoms with E-state index in [1.807, 2.05) is 0 Å². The maximum atomic E-state index is 11.2. The fourth-order valence-electron chi connectivity index (χ4n) is 2.24. The number of aliphatic carboxylic acids is 1. The summed E-state index contributed by atoms with van der Waals surface area (Å²) in [6, 6.07) is 0. The van der Waals surface area contributed by atoms with Gasteiger partial charge in [-0.2, -0.15) is 0 Å². The molecule has 0 bridgehead atoms. The van der Waals surface area contributed by atoms with Crippen molar-refractivity contribution in [3.63, 3.8) is 0 Å². The van der Waals surface area contributed by atoms with Crippen LogP contribution < -0.4 is 5.73 Å². The quantitative estimate of drug-likeness (QED) is 0.657. The molecule has 0 radical (unpaired) electrons. The lowest BCUT2D eigenvalue weighted by atomic mass is 9.99. The predicted octanol–water partition coefficient (Wildman–Crippen LogP) is 2.64. The number of carboxylic acid groups (broad SMARTS) is 1. The van der Waals surface area contributed by atoms with E-state index in [0.29, 0.717) is 5.13 Å². The van der Waals surface area contributed by atoms with Crippen molar-refractivity contribution >= 4 is 28.1 Å². The SMILES string of the molecule is Nc1nc(/C(=N/OC2CCCCCCC2)C(=O)O)cs1. The second-order valence-electron chi connectivity index (χ2n) is 4.89. The molecule has 1 aromatic rings. The number of anilines is 1. The first-order valence-corrected chi connectivity index (χ1v) is 7.73. The first kappa shape index (κ1) is 14.8. The molecule has 1 aromatic heterocycles. The van der Waals surface area contributed by atoms with Crippen LogP contribution in [0.4, 0.5) is 5.13 Å². The molecule has 0 aliphatic heterocycles. The molecule has 1 heterocycles. The van der Waals surface area contributed by atoms with Crippen LogP contribution in [-0.2, 0) is 9.63 Å². The van der Waals surface area contributed by atoms with E-state index in [0.717, 1.165) is 25.7 Å². The first-order chi connectivity index (χ1) is 9.66. The maximum Gasteiger partial charge on any atom is 0.360 e. The van der Waals surface area contributed by atoms with Gasteiger partial charge in [0.05, 0.1) is 0 Å². The van der Waals surface area contributed by atoms with E-state index in [1.165, 1.54) is 30.6 Å². The van der Waals surface area contributed by atoms with E-state index < -0.39 is 5.97 Å². The topological polar surface area (TPSA) is 97.8 Å². The highest BCUT2D eigenvalue weighted by atomic mass is 32.1. The van der Waals surface area contributed by atoms with Gasteiger partial charge in [-0.3, -0.25) is 0 Å². The number of carboxylic acids is 1. The van der Waals surface area contributed by atoms with Gasteiger partial charge in [0, 0.05) is 5.38 Å². The van der Waals surface area contributed by atoms with Gasteiger partial charge in [0.15, 0.2) is 5.13 Å². The van der Waals surface area contributed by atoms with Gasteiger partial charge in [-0.25, -0.2) is 9.78 Å². The average Bonchev–Trinajstić information content (AvgIpc) is 2.77. The van der Waals surface area contributed by atoms with Crippen LogP contribution in [0.5, 0.6) is 0 Å². The Bertz CT molecular complexity index is 479. The van der Waals surface area contributed by atoms with Crippen molar-refractivity contribution < 1.29 is 14.7 Å². The number of nitrogens with two attached hydrogens (primary N) is 1. The number of aromatic nitrogens is 1. The molecule has 0 saturated heterocycles. The molecule has 0 spiro atoms. The lowest BCUT2D eigenvalue weighted by Crippen LogP contribution is -2.19. The smallest absolute Gasteiger partial charge is 0.360 e. The van der Waals surface area contributed by atoms with E-state index in [-0.39, 0.29) is 17.5 Å². The minimum atomic E-state index is -1.15. The van der Waals surface area contributed by atoms with Gasteiger partial charge in [0.1, 0.15) is 11.8 Å². The molecular formula is C13H19N3O3S. The largest absolute Gasteiger partial charge is 0.476 e. The summed E-state index contributed by atoms with van der Waals surface area (Å²) in [7, 11) is 0. The summed E-state index contributed by atoms with van der Waals surface area (Å²) < 4.78 is 0. The zero-order valence-corrected chi connectivity index (χ0v) is 12.1. The number of carbonyl (C=O) groups is 1. The molecule has 3 N–H and O–H groups in total. The van der Waals surface area contributed by atoms with Crippen molar-refractivity contribution in [3.05, 3.63) is 11.1 Å². The minimum Gasteiger partial charge on any atom is -0.476 e. The predicted molar refractivity (Wildman–Crippen MR) is 77.9 cm³/mol. The van der Waals surface area contributed by atoms with Gasteiger partial charge in [0.2, 0.25) is 5.71 Å². The monoisotopic (exact) mass is 297 g/mol. The Balaban J connectivity index is 2.03. The Morgan fingerprint density at radius 3 is 2.55 bits per heavy atom. The third-order valence-electron chi connectivity index (χ3n) is 3.31. The van der Waals surface area contributed by atoms with Crippen LogP contribution in [0.25, 0.3) is 0 Å². The number of hydrogen-bond acceptors (Lipinski definition) is 6. The molecule has 6 nitrogen and oxygen atoms in total. The lowest BCUT2D eigenvalue weighted by Gasteiger charge is -2.17. The zero-order chi connectivity index (χ0) is 14.4. The zero-order valence-electron chi connectivity index (χ0n) is 11.2. The van der Waals surface area contributed by atoms with E-state index in [2.05, 4.69) is 10.1 Å². The van der Waals surface area contributed by atoms with E-state index in [4.69, 9.17) is 10.6 Å². The number of nitrogens with zero attached hydrogens (tertiary/aromatic N) is 2. The van der Waals surface area contributed by atoms with Crippen LogP contribution in [0.15, 0.2) is 10.5 Å². The van der Waals surface area contributed by atoms with Crippen molar-refractivity contribution in [2.45, 2.75) is 51.0 Å². The van der Waals surface area contributed by atoms with E-state index in [1.54, 1.807) is 5.38 Å². The molecule has 20 heavy (non-hydrogen) atoms. The second-order valence-corrected chi connectivity index (χ2v) is 5.78. The highest BCUT2D eigenvalue weighted by molar-refractivity contribution is 7.13. The third-order valence-corrected chi connectivity index (χ3v) is 3.99. The van der Waals surface area contributed by atoms with Gasteiger partial charge in [-0.1, -0.05) is 24.4 Å². The summed E-state index contributed by atoms with van der Waals surface area (Å²) in [5.74, 6) is -1.15. The Labute approximate surface area is 121 Å². The normalized spacial score (nSPS) is 18.3. The Kier molecular flexibility index (Phi) is 5.34. The van der Waals surface area contributed by atoms with Crippen molar-refractivity contribution in [1.82, 2.24) is 4.98 Å². The average molecular weight is 297 g/mol. The summed E-state index contributed by atoms with van der Waals surface area (Å²) >= 11 is 1.18. The Hall–Kier alpha value is -1.63. The highest BCUT2D eigenvalue weighted by Gasteiger charge is 2.19. The summed E-state index contributed by atoms with van der Waals surface area (Å²) in [4.78, 5) is 20.6. The van der Waals surface area contributed by atoms with Crippen LogP contribution in [0.1, 0.15) is 50.6 Å². The minimum absolute atomic E-state index is 0.000586. The number of nitrogen functional groups attached to an aromatic ring is 1. The van der Waals surface area contributed by atoms with Gasteiger partial charge in [-0.05, 0) is 25.7 Å². The molecule has 7 heteroatoms. The van der Waals surface area contributed by atoms with E-state index in [9.17, 15) is 9.90 Å². The molecule has 2 rings (SSSR count). The van der Waals surface area contributed by atoms with Gasteiger partial charge >= 0.3 is 5.97 Å². The Morgan fingerprint density at radius 1 is 1.35 bits per heavy atom. The fraction of sp³-hybridized carbons (Fsp3) is 0.615. The third kappa shape index (κ3) is 4.19. The molecular weight excluding hydrogens is 278 g/mol. The maximum absolute atomic E-state index is 11.2. The van der Waals surface area contributed by atoms with Crippen LogP contribution in [-0.4, -0.2) is 27.9 Å². The fourth-order valence-corrected chi connectivity index (χ4v) is 2.79. The molecule has 0 atom stereocenters. The van der Waals surface area contributed by atoms with Crippen LogP contribution >= 0.6 is 11.3 Å². The van der Waals surface area contributed by atoms with Crippen LogP contribution in [0.3, 0.4) is 0 Å². The van der Waals surface area contributed by atoms with Gasteiger partial charge < -0.3 is 15.7 Å². The van der Waals surface area contributed by atoms with Crippen molar-refractivity contribution in [3.8, 4) is 0 Å². The molecule has 1 aliphatic carbocycles. The summed E-state index contributed by atoms with van der Waals surface area (Å²) in [6.07, 6.45) is 7.74. The summed E-state index contributed by atoms with van der Waals surface area (Å²) in [5.41, 5.74) is 5.59. The first-order valence-electron chi connectivity index (χ1n) is 6.85. The number of thiazole rings is 1. The van der Waals surface area contributed by atoms with E-state index >= 15 is 0 Å². The van der Waals surface area contributed by atoms with Crippen molar-refractivity contribution in [2.24, 2.45) is 5.16 Å². The van der Waals surface area contributed by atoms with Crippen molar-refractivity contribution in [1.29, 1.82) is 0 Å². The summed E-state index contributed by atoms with van der Waals surface area (Å²) in [5, 5.41) is 14.9. The van der Waals surface area contributed by atoms with Crippen LogP contribution in [0, 0.1) is 0 Å². The van der Waals surface area contributed by atoms with Gasteiger partial charge in [0.25, 0.3) is 0 Å². The number of oxime groups is 1. The second kappa shape index (κ2) is 7.23. The molecule has 1 saturated carbocycles. The van der Waals surface area contributed by atoms with Gasteiger partial charge in [-0.15, -0.1) is 11.3 Å². The number of hydrogen-bond donors (Lipinski definition) is 2. The molecule has 0 amide bonds. The number of rotatable bonds is 4. The standard InChI is InChI=1S/C13H19N3O3S/c14-13-15-10(8-20-13)11(12(17)18)16-19-9-6-4-2-1-3-5-7-9/h8-9H,1-7H2,(H2,14,15)(H,17,18)/b16-11-. The molecule has 110 valence electrons. The molecule has 0 aromatic carbocycles. The lowest BCUT2D eigenvalue weighted by molar-refractivity contribution is -0.129. The molecule has 1 aliphatic rings.